The fraction of sp³-hybridized carbons (Fsp3) is 0.625. The van der Waals surface area contributed by atoms with Crippen LogP contribution in [-0.4, -0.2) is 41.1 Å². The normalized spacial score (nSPS) is 30.2. The van der Waals surface area contributed by atoms with Gasteiger partial charge < -0.3 is 14.7 Å². The minimum Gasteiger partial charge on any atom is -0.480 e. The molecule has 0 bridgehead atoms. The molecule has 4 rings (SSSR count). The van der Waals surface area contributed by atoms with Gasteiger partial charge in [-0.05, 0) is 36.3 Å². The summed E-state index contributed by atoms with van der Waals surface area (Å²) < 4.78 is 5.42. The van der Waals surface area contributed by atoms with E-state index in [2.05, 4.69) is 0 Å². The van der Waals surface area contributed by atoms with Gasteiger partial charge in [0.2, 0.25) is 0 Å². The molecule has 1 saturated heterocycles. The first-order chi connectivity index (χ1) is 10.6. The van der Waals surface area contributed by atoms with Gasteiger partial charge in [-0.1, -0.05) is 6.42 Å². The minimum absolute atomic E-state index is 0.110. The van der Waals surface area contributed by atoms with Gasteiger partial charge in [0, 0.05) is 17.8 Å². The van der Waals surface area contributed by atoms with Crippen LogP contribution in [0, 0.1) is 11.8 Å². The standard InChI is InChI=1S/C16H19NO4S/c18-15(13-6-10-8-21-5-4-12(10)22-13)17-7-9-2-1-3-11(9)14(17)16(19)20/h6,9,11,14H,1-5,7-8H2,(H,19,20)/t9-,11-,14-/m0/s1. The van der Waals surface area contributed by atoms with Crippen molar-refractivity contribution in [2.24, 2.45) is 11.8 Å². The maximum Gasteiger partial charge on any atom is 0.326 e. The van der Waals surface area contributed by atoms with Crippen LogP contribution in [0.2, 0.25) is 0 Å². The topological polar surface area (TPSA) is 66.8 Å². The number of rotatable bonds is 2. The van der Waals surface area contributed by atoms with Crippen LogP contribution in [0.4, 0.5) is 0 Å². The zero-order valence-electron chi connectivity index (χ0n) is 12.3. The molecule has 1 aliphatic carbocycles. The summed E-state index contributed by atoms with van der Waals surface area (Å²) in [6.07, 6.45) is 3.92. The monoisotopic (exact) mass is 321 g/mol. The maximum atomic E-state index is 12.8. The predicted molar refractivity (Wildman–Crippen MR) is 81.0 cm³/mol. The van der Waals surface area contributed by atoms with Gasteiger partial charge >= 0.3 is 5.97 Å². The number of carboxylic acid groups (broad SMARTS) is 1. The van der Waals surface area contributed by atoms with Crippen molar-refractivity contribution in [3.63, 3.8) is 0 Å². The summed E-state index contributed by atoms with van der Waals surface area (Å²) >= 11 is 1.51. The van der Waals surface area contributed by atoms with Crippen LogP contribution >= 0.6 is 11.3 Å². The largest absolute Gasteiger partial charge is 0.480 e. The Morgan fingerprint density at radius 1 is 1.36 bits per heavy atom. The van der Waals surface area contributed by atoms with Crippen molar-refractivity contribution >= 4 is 23.2 Å². The number of ether oxygens (including phenoxy) is 1. The molecule has 0 radical (unpaired) electrons. The molecule has 1 aromatic heterocycles. The van der Waals surface area contributed by atoms with Crippen LogP contribution in [0.5, 0.6) is 0 Å². The minimum atomic E-state index is -0.854. The van der Waals surface area contributed by atoms with Gasteiger partial charge in [0.15, 0.2) is 0 Å². The highest BCUT2D eigenvalue weighted by Gasteiger charge is 2.49. The fourth-order valence-corrected chi connectivity index (χ4v) is 5.33. The average Bonchev–Trinajstić information content (AvgIpc) is 3.18. The molecule has 3 aliphatic rings. The molecule has 6 heteroatoms. The summed E-state index contributed by atoms with van der Waals surface area (Å²) in [6.45, 7) is 1.86. The van der Waals surface area contributed by atoms with E-state index >= 15 is 0 Å². The van der Waals surface area contributed by atoms with Crippen molar-refractivity contribution in [2.45, 2.75) is 38.3 Å². The Labute approximate surface area is 132 Å². The van der Waals surface area contributed by atoms with Crippen LogP contribution in [0.1, 0.15) is 39.4 Å². The van der Waals surface area contributed by atoms with Crippen LogP contribution in [-0.2, 0) is 22.6 Å². The first-order valence-corrected chi connectivity index (χ1v) is 8.70. The SMILES string of the molecule is O=C(O)[C@@H]1[C@H]2CCC[C@H]2CN1C(=O)c1cc2c(s1)CCOC2. The number of aliphatic carboxylic acids is 1. The fourth-order valence-electron chi connectivity index (χ4n) is 4.23. The molecule has 5 nitrogen and oxygen atoms in total. The number of carbonyl (C=O) groups is 2. The van der Waals surface area contributed by atoms with Crippen molar-refractivity contribution in [2.75, 3.05) is 13.2 Å². The molecule has 1 amide bonds. The predicted octanol–water partition coefficient (Wildman–Crippen LogP) is 2.15. The van der Waals surface area contributed by atoms with Crippen LogP contribution in [0.3, 0.4) is 0 Å². The van der Waals surface area contributed by atoms with Gasteiger partial charge in [-0.25, -0.2) is 4.79 Å². The molecular formula is C16H19NO4S. The molecule has 2 aliphatic heterocycles. The van der Waals surface area contributed by atoms with E-state index in [4.69, 9.17) is 4.74 Å². The smallest absolute Gasteiger partial charge is 0.326 e. The van der Waals surface area contributed by atoms with Crippen LogP contribution < -0.4 is 0 Å². The van der Waals surface area contributed by atoms with Crippen molar-refractivity contribution in [1.82, 2.24) is 4.90 Å². The molecule has 1 aromatic rings. The zero-order valence-corrected chi connectivity index (χ0v) is 13.1. The summed E-state index contributed by atoms with van der Waals surface area (Å²) in [6, 6.07) is 1.25. The van der Waals surface area contributed by atoms with E-state index in [-0.39, 0.29) is 11.8 Å². The van der Waals surface area contributed by atoms with Gasteiger partial charge in [0.25, 0.3) is 5.91 Å². The lowest BCUT2D eigenvalue weighted by Gasteiger charge is -2.23. The Kier molecular flexibility index (Phi) is 3.46. The van der Waals surface area contributed by atoms with Gasteiger partial charge in [-0.3, -0.25) is 4.79 Å². The van der Waals surface area contributed by atoms with E-state index in [0.717, 1.165) is 31.2 Å². The number of likely N-dealkylation sites (tertiary alicyclic amines) is 1. The van der Waals surface area contributed by atoms with E-state index in [1.54, 1.807) is 4.90 Å². The Bertz CT molecular complexity index is 602. The maximum absolute atomic E-state index is 12.8. The quantitative estimate of drug-likeness (QED) is 0.906. The van der Waals surface area contributed by atoms with Gasteiger partial charge in [-0.2, -0.15) is 0 Å². The highest BCUT2D eigenvalue weighted by atomic mass is 32.1. The number of carboxylic acids is 1. The van der Waals surface area contributed by atoms with Crippen molar-refractivity contribution in [1.29, 1.82) is 0 Å². The van der Waals surface area contributed by atoms with E-state index in [9.17, 15) is 14.7 Å². The second-order valence-electron chi connectivity index (χ2n) is 6.46. The molecule has 0 aromatic carbocycles. The number of hydrogen-bond acceptors (Lipinski definition) is 4. The number of thiophene rings is 1. The first-order valence-electron chi connectivity index (χ1n) is 7.88. The number of fused-ring (bicyclic) bond motifs is 2. The molecule has 3 atom stereocenters. The van der Waals surface area contributed by atoms with Crippen molar-refractivity contribution < 1.29 is 19.4 Å². The number of amides is 1. The highest BCUT2D eigenvalue weighted by molar-refractivity contribution is 7.14. The summed E-state index contributed by atoms with van der Waals surface area (Å²) in [7, 11) is 0. The third-order valence-corrected chi connectivity index (χ3v) is 6.47. The Morgan fingerprint density at radius 3 is 3.00 bits per heavy atom. The van der Waals surface area contributed by atoms with Gasteiger partial charge in [0.05, 0.1) is 18.1 Å². The van der Waals surface area contributed by atoms with Crippen LogP contribution in [0.15, 0.2) is 6.07 Å². The highest BCUT2D eigenvalue weighted by Crippen LogP contribution is 2.43. The molecular weight excluding hydrogens is 302 g/mol. The molecule has 2 fully saturated rings. The van der Waals surface area contributed by atoms with E-state index in [1.165, 1.54) is 16.2 Å². The first kappa shape index (κ1) is 14.2. The lowest BCUT2D eigenvalue weighted by atomic mass is 9.94. The number of nitrogens with zero attached hydrogens (tertiary/aromatic N) is 1. The van der Waals surface area contributed by atoms with Crippen molar-refractivity contribution in [3.8, 4) is 0 Å². The molecule has 118 valence electrons. The molecule has 0 spiro atoms. The third-order valence-electron chi connectivity index (χ3n) is 5.24. The zero-order chi connectivity index (χ0) is 15.3. The molecule has 3 heterocycles. The van der Waals surface area contributed by atoms with E-state index in [0.29, 0.717) is 30.6 Å². The van der Waals surface area contributed by atoms with Crippen LogP contribution in [0.25, 0.3) is 0 Å². The van der Waals surface area contributed by atoms with E-state index in [1.807, 2.05) is 6.07 Å². The molecule has 1 saturated carbocycles. The van der Waals surface area contributed by atoms with Gasteiger partial charge in [0.1, 0.15) is 6.04 Å². The summed E-state index contributed by atoms with van der Waals surface area (Å²) in [5.74, 6) is -0.462. The lowest BCUT2D eigenvalue weighted by Crippen LogP contribution is -2.43. The van der Waals surface area contributed by atoms with E-state index < -0.39 is 12.0 Å². The Morgan fingerprint density at radius 2 is 2.23 bits per heavy atom. The second-order valence-corrected chi connectivity index (χ2v) is 7.59. The summed E-state index contributed by atoms with van der Waals surface area (Å²) in [4.78, 5) is 28.0. The molecule has 22 heavy (non-hydrogen) atoms. The van der Waals surface area contributed by atoms with Crippen molar-refractivity contribution in [3.05, 3.63) is 21.4 Å². The molecule has 1 N–H and O–H groups in total. The summed E-state index contributed by atoms with van der Waals surface area (Å²) in [5, 5.41) is 9.58. The molecule has 0 unspecified atom stereocenters. The Hall–Kier alpha value is -1.40. The summed E-state index contributed by atoms with van der Waals surface area (Å²) in [5.41, 5.74) is 1.09. The second kappa shape index (κ2) is 5.35. The van der Waals surface area contributed by atoms with Gasteiger partial charge in [-0.15, -0.1) is 11.3 Å². The number of hydrogen-bond donors (Lipinski definition) is 1. The number of carbonyl (C=O) groups excluding carboxylic acids is 1. The third kappa shape index (κ3) is 2.16. The lowest BCUT2D eigenvalue weighted by molar-refractivity contribution is -0.142. The Balaban J connectivity index is 1.61. The average molecular weight is 321 g/mol.